The van der Waals surface area contributed by atoms with Crippen molar-refractivity contribution in [3.05, 3.63) is 220 Å². The summed E-state index contributed by atoms with van der Waals surface area (Å²) in [7, 11) is 0. The number of aliphatic hydroxyl groups is 8. The quantitative estimate of drug-likeness (QED) is 0.0152. The number of aromatic amines is 2. The van der Waals surface area contributed by atoms with E-state index >= 15 is 0 Å². The van der Waals surface area contributed by atoms with E-state index in [-0.39, 0.29) is 80.9 Å². The number of azide groups is 6. The third kappa shape index (κ3) is 22.1. The Morgan fingerprint density at radius 1 is 0.412 bits per heavy atom. The summed E-state index contributed by atoms with van der Waals surface area (Å²) in [5, 5.41) is 101. The number of H-pyrrole nitrogens is 2. The number of hydrogen-bond acceptors (Lipinski definition) is 40. The number of nitrogen functional groups attached to an aromatic ring is 3. The molecule has 0 radical (unpaired) electrons. The summed E-state index contributed by atoms with van der Waals surface area (Å²) < 4.78 is 57.8. The van der Waals surface area contributed by atoms with E-state index in [4.69, 9.17) is 93.0 Å². The molecule has 60 nitrogen and oxygen atoms in total. The Labute approximate surface area is 735 Å². The molecule has 60 heteroatoms. The van der Waals surface area contributed by atoms with E-state index in [1.165, 1.54) is 90.5 Å². The maximum absolute atomic E-state index is 12.1. The molecule has 7 aliphatic heterocycles. The third-order valence-corrected chi connectivity index (χ3v) is 23.2. The number of nitrogens with zero attached hydrogens (tertiary/aromatic N) is 28. The van der Waals surface area contributed by atoms with Crippen LogP contribution in [0.4, 0.5) is 17.5 Å². The fourth-order valence-electron chi connectivity index (χ4n) is 15.6. The maximum atomic E-state index is 12.1. The number of aromatic nitrogens is 12. The van der Waals surface area contributed by atoms with Crippen LogP contribution in [0.5, 0.6) is 6.01 Å². The van der Waals surface area contributed by atoms with Crippen molar-refractivity contribution in [1.82, 2.24) is 57.3 Å². The van der Waals surface area contributed by atoms with Crippen LogP contribution in [0.15, 0.2) is 143 Å². The molecule has 131 heavy (non-hydrogen) atoms. The highest BCUT2D eigenvalue weighted by Gasteiger charge is 2.61. The molecule has 6 saturated heterocycles. The number of anilines is 3. The van der Waals surface area contributed by atoms with Gasteiger partial charge in [-0.1, -0.05) is 79.2 Å². The highest BCUT2D eigenvalue weighted by molar-refractivity contribution is 5.66. The molecule has 7 aliphatic rings. The average Bonchev–Trinajstić information content (AvgIpc) is 1.60. The first-order valence-corrected chi connectivity index (χ1v) is 39.9. The van der Waals surface area contributed by atoms with Gasteiger partial charge in [-0.15, -0.1) is 0 Å². The third-order valence-electron chi connectivity index (χ3n) is 23.2. The van der Waals surface area contributed by atoms with Gasteiger partial charge < -0.3 is 101 Å². The largest absolute Gasteiger partial charge is 0.457 e. The van der Waals surface area contributed by atoms with Crippen molar-refractivity contribution in [1.29, 1.82) is 0 Å². The second-order valence-electron chi connectivity index (χ2n) is 30.4. The Morgan fingerprint density at radius 2 is 0.695 bits per heavy atom. The molecule has 0 saturated carbocycles. The van der Waals surface area contributed by atoms with Crippen LogP contribution >= 0.6 is 0 Å². The molecule has 6 aromatic rings. The van der Waals surface area contributed by atoms with Crippen molar-refractivity contribution in [3.63, 3.8) is 0 Å². The number of carbonyl (C=O) groups is 2. The summed E-state index contributed by atoms with van der Waals surface area (Å²) in [4.78, 5) is 151. The molecule has 16 N–H and O–H groups in total. The summed E-state index contributed by atoms with van der Waals surface area (Å²) in [6.07, 6.45) is -7.60. The number of rotatable bonds is 25. The molecule has 0 bridgehead atoms. The lowest BCUT2D eigenvalue weighted by atomic mass is 9.85. The van der Waals surface area contributed by atoms with Gasteiger partial charge in [0.25, 0.3) is 16.7 Å². The lowest BCUT2D eigenvalue weighted by Gasteiger charge is -2.30. The Balaban J connectivity index is 0.000000194. The van der Waals surface area contributed by atoms with E-state index in [1.54, 1.807) is 25.3 Å². The summed E-state index contributed by atoms with van der Waals surface area (Å²) in [6.45, 7) is 13.8. The number of nitrogens with two attached hydrogens (primary N) is 3. The van der Waals surface area contributed by atoms with Gasteiger partial charge in [0.05, 0.1) is 57.1 Å². The zero-order valence-corrected chi connectivity index (χ0v) is 71.4. The molecule has 2 unspecified atom stereocenters. The van der Waals surface area contributed by atoms with Crippen molar-refractivity contribution in [2.24, 2.45) is 42.5 Å². The van der Waals surface area contributed by atoms with E-state index in [9.17, 15) is 88.8 Å². The fraction of sp³-hybridized carbons (Fsp3) is 0.634. The van der Waals surface area contributed by atoms with E-state index in [1.807, 2.05) is 32.7 Å². The second-order valence-corrected chi connectivity index (χ2v) is 30.4. The Bertz CT molecular complexity index is 5790. The summed E-state index contributed by atoms with van der Waals surface area (Å²) in [5.41, 5.74) is 55.1. The Hall–Kier alpha value is -13.7. The predicted octanol–water partition coefficient (Wildman–Crippen LogP) is -0.274. The molecule has 13 heterocycles. The van der Waals surface area contributed by atoms with Crippen LogP contribution in [0.3, 0.4) is 0 Å². The zero-order chi connectivity index (χ0) is 97.0. The molecule has 6 aromatic heterocycles. The smallest absolute Gasteiger partial charge is 0.351 e. The van der Waals surface area contributed by atoms with Crippen molar-refractivity contribution >= 4 is 29.4 Å². The van der Waals surface area contributed by atoms with Crippen LogP contribution in [0.25, 0.3) is 62.7 Å². The molecular weight excluding hydrogens is 1750 g/mol. The average molecular weight is 1840 g/mol. The van der Waals surface area contributed by atoms with Gasteiger partial charge in [-0.25, -0.2) is 24.0 Å². The van der Waals surface area contributed by atoms with Crippen LogP contribution in [0.2, 0.25) is 0 Å². The molecular formula is C71H97N33O27. The van der Waals surface area contributed by atoms with Gasteiger partial charge in [-0.2, -0.15) is 19.9 Å². The topological polar surface area (TPSA) is 899 Å². The highest BCUT2D eigenvalue weighted by Crippen LogP contribution is 2.49. The number of nitrogens with one attached hydrogen (secondary N) is 2. The van der Waals surface area contributed by atoms with Gasteiger partial charge in [0.15, 0.2) is 55.7 Å². The summed E-state index contributed by atoms with van der Waals surface area (Å²) in [5.74, 6) is -1.53. The molecule has 13 rings (SSSR count). The molecule has 6 fully saturated rings. The fourth-order valence-corrected chi connectivity index (χ4v) is 15.6. The van der Waals surface area contributed by atoms with Crippen LogP contribution in [0.1, 0.15) is 132 Å². The van der Waals surface area contributed by atoms with Crippen molar-refractivity contribution in [3.8, 4) is 6.01 Å². The number of carbonyl (C=O) groups excluding carboxylic acids is 2. The van der Waals surface area contributed by atoms with Crippen LogP contribution in [-0.2, 0) is 47.5 Å². The van der Waals surface area contributed by atoms with Gasteiger partial charge in [0, 0.05) is 111 Å². The van der Waals surface area contributed by atoms with Crippen molar-refractivity contribution < 1.29 is 93.1 Å². The van der Waals surface area contributed by atoms with Crippen LogP contribution in [0, 0.1) is 11.8 Å². The minimum atomic E-state index is -1.70. The van der Waals surface area contributed by atoms with Gasteiger partial charge in [0.2, 0.25) is 0 Å². The molecule has 24 atom stereocenters. The van der Waals surface area contributed by atoms with Crippen LogP contribution in [-0.4, -0.2) is 251 Å². The minimum Gasteiger partial charge on any atom is -0.457 e. The number of ether oxygens (including phenoxy) is 9. The molecule has 0 amide bonds. The molecule has 0 aromatic carbocycles. The van der Waals surface area contributed by atoms with E-state index in [0.717, 1.165) is 19.8 Å². The van der Waals surface area contributed by atoms with E-state index in [2.05, 4.69) is 85.1 Å². The SMILES string of the molecule is CC[C@@]1(CN=[N+]=[N-])O[C@@H](n2ccc(=O)[nH]c2=O)C(OC(C)=O)[C@@H]1C.CC[C@@]1(CN=[N+]=[N-])O[C@@H](n2ccc(=O)[nH]c2=O)[C@@H](O)[C@@H]1O.CC[C@@]1(CN=[N+]=[N-])O[C@@H](n2ccc(N)nc2=O)C(OC(C)=O)[C@@H]1C.CC[C@@]1(CN=[N+]=[N-])O[C@@H](n2ccc(N)nc2=O)[C@@H](O)[C@@H]1O.CC[C@@]1(CN=[N+]=[N-])O[C@@H]2[C@@H](Oc3nc(=O)ccn32)[C@@H]1O.[N-]=[N+]=NC[C@]1(CO)O[C@@H](n2ccc(N)nc2=O)[C@@H](O)[C@@H]1O. The van der Waals surface area contributed by atoms with Crippen LogP contribution < -0.4 is 67.1 Å². The van der Waals surface area contributed by atoms with Gasteiger partial charge in [0.1, 0.15) is 82.6 Å². The van der Waals surface area contributed by atoms with E-state index < -0.39 is 202 Å². The minimum absolute atomic E-state index is 0.00760. The first-order valence-electron chi connectivity index (χ1n) is 39.9. The Kier molecular flexibility index (Phi) is 34.6. The lowest BCUT2D eigenvalue weighted by Crippen LogP contribution is -2.48. The van der Waals surface area contributed by atoms with Gasteiger partial charge in [-0.05, 0) is 83.5 Å². The maximum Gasteiger partial charge on any atom is 0.351 e. The summed E-state index contributed by atoms with van der Waals surface area (Å²) in [6, 6.07) is 7.85. The summed E-state index contributed by atoms with van der Waals surface area (Å²) >= 11 is 0. The highest BCUT2D eigenvalue weighted by atomic mass is 16.6. The standard InChI is InChI=1S/C14H20N6O4.C14H19N5O5.C11H16N6O4.C11H15N5O5.C11H13N5O4.C10H14N6O5/c1-4-14(7-17-19-16)8(2)11(23-9(3)21)12(24-14)20-6-5-10(15)18-13(20)22;1-4-14(7-16-18-15)8(2)11(23-9(3)20)12(24-14)19-6-5-10(21)17-13(19)22;1-2-11(5-14-16-13)8(19)7(18)9(21-11)17-4-3-6(12)15-10(17)20;1-2-11(5-13-15-12)8(19)7(18)9(21-11)16-4-3-6(17)14-10(16)20;1-2-11(5-13-15-12)8(18)7-9(20-11)16-4-3-6(17)14-10(16)19-7;11-5-1-2-16(9(20)14-5)8-6(18)7(19)10(4-17,21-8)3-13-15-12/h5-6,8,11-12H,4,7H2,1-3H3,(H2,15,18,22);5-6,8,11-12H,4,7H2,1-3H3,(H,17,21,22);3-4,7-9,18-19H,2,5H2,1H3,(H2,12,15,20);3-4,7-9,18-19H,2,5H2,1H3,(H,14,17,20);3-4,7-9,18H,2,5H2,1H3;1-2,6-8,17-19H,3-4H2,(H2,11,14,20)/t2*8-,11?,12+,14-;3*7-,8-,9+,11-;6-,7-,8+,10+/m000000/s1. The molecule has 0 aliphatic carbocycles. The second kappa shape index (κ2) is 44.1. The number of fused-ring (bicyclic) bond motifs is 3. The number of esters is 2. The monoisotopic (exact) mass is 1840 g/mol. The zero-order valence-electron chi connectivity index (χ0n) is 71.4. The lowest BCUT2D eigenvalue weighted by molar-refractivity contribution is -0.155. The Morgan fingerprint density at radius 3 is 1.03 bits per heavy atom. The first-order chi connectivity index (χ1) is 62.1. The van der Waals surface area contributed by atoms with Gasteiger partial charge in [-0.3, -0.25) is 61.3 Å². The predicted molar refractivity (Wildman–Crippen MR) is 446 cm³/mol. The number of aliphatic hydroxyl groups excluding tert-OH is 8. The molecule has 0 spiro atoms. The van der Waals surface area contributed by atoms with E-state index in [0.29, 0.717) is 19.3 Å². The normalized spacial score (nSPS) is 31.2. The molecule has 708 valence electrons. The van der Waals surface area contributed by atoms with Crippen molar-refractivity contribution in [2.45, 2.75) is 226 Å². The van der Waals surface area contributed by atoms with Crippen molar-refractivity contribution in [2.75, 3.05) is 63.1 Å². The first kappa shape index (κ1) is 103. The number of hydrogen-bond donors (Lipinski definition) is 13. The van der Waals surface area contributed by atoms with Gasteiger partial charge >= 0.3 is 46.4 Å².